The van der Waals surface area contributed by atoms with Crippen molar-refractivity contribution >= 4 is 33.5 Å². The number of nitrogens with one attached hydrogen (secondary N) is 1. The fourth-order valence-electron chi connectivity index (χ4n) is 3.29. The molecular weight excluding hydrogens is 370 g/mol. The van der Waals surface area contributed by atoms with Crippen LogP contribution in [0, 0.1) is 12.3 Å². The molecule has 1 aliphatic carbocycles. The van der Waals surface area contributed by atoms with E-state index in [4.69, 9.17) is 0 Å². The van der Waals surface area contributed by atoms with Crippen molar-refractivity contribution in [2.75, 3.05) is 5.32 Å². The van der Waals surface area contributed by atoms with Crippen molar-refractivity contribution in [1.82, 2.24) is 0 Å². The Morgan fingerprint density at radius 1 is 1.12 bits per heavy atom. The van der Waals surface area contributed by atoms with Crippen LogP contribution < -0.4 is 5.32 Å². The van der Waals surface area contributed by atoms with Crippen LogP contribution in [-0.4, -0.2) is 17.0 Å². The second-order valence-electron chi connectivity index (χ2n) is 6.35. The number of carbonyl (C=O) groups is 2. The molecule has 0 saturated heterocycles. The zero-order valence-corrected chi connectivity index (χ0v) is 14.9. The number of rotatable bonds is 4. The summed E-state index contributed by atoms with van der Waals surface area (Å²) < 4.78 is 0.904. The molecular formula is C19H18BrNO3. The molecule has 2 aromatic carbocycles. The Morgan fingerprint density at radius 3 is 2.33 bits per heavy atom. The third-order valence-corrected chi connectivity index (χ3v) is 5.53. The fraction of sp³-hybridized carbons (Fsp3) is 0.263. The molecule has 24 heavy (non-hydrogen) atoms. The zero-order chi connectivity index (χ0) is 17.3. The van der Waals surface area contributed by atoms with E-state index in [0.29, 0.717) is 18.5 Å². The first-order valence-electron chi connectivity index (χ1n) is 7.76. The van der Waals surface area contributed by atoms with Gasteiger partial charge in [0.15, 0.2) is 0 Å². The second kappa shape index (κ2) is 6.40. The van der Waals surface area contributed by atoms with Gasteiger partial charge in [0, 0.05) is 16.6 Å². The van der Waals surface area contributed by atoms with E-state index < -0.39 is 11.4 Å². The van der Waals surface area contributed by atoms with Crippen LogP contribution in [0.15, 0.2) is 46.9 Å². The first-order chi connectivity index (χ1) is 11.4. The van der Waals surface area contributed by atoms with E-state index in [0.717, 1.165) is 21.2 Å². The fourth-order valence-corrected chi connectivity index (χ4v) is 3.66. The van der Waals surface area contributed by atoms with Gasteiger partial charge in [-0.2, -0.15) is 0 Å². The molecule has 1 aliphatic rings. The Hall–Kier alpha value is -2.14. The van der Waals surface area contributed by atoms with Gasteiger partial charge in [-0.3, -0.25) is 9.59 Å². The van der Waals surface area contributed by atoms with Crippen molar-refractivity contribution in [2.45, 2.75) is 26.2 Å². The maximum absolute atomic E-state index is 12.5. The molecule has 4 nitrogen and oxygen atoms in total. The molecule has 0 saturated carbocycles. The molecule has 0 bridgehead atoms. The number of benzene rings is 2. The van der Waals surface area contributed by atoms with Crippen molar-refractivity contribution in [3.8, 4) is 0 Å². The van der Waals surface area contributed by atoms with E-state index >= 15 is 0 Å². The first kappa shape index (κ1) is 16.7. The number of fused-ring (bicyclic) bond motifs is 1. The van der Waals surface area contributed by atoms with Gasteiger partial charge in [-0.15, -0.1) is 0 Å². The Morgan fingerprint density at radius 2 is 1.75 bits per heavy atom. The van der Waals surface area contributed by atoms with Gasteiger partial charge >= 0.3 is 5.97 Å². The molecule has 3 rings (SSSR count). The monoisotopic (exact) mass is 387 g/mol. The molecule has 5 heteroatoms. The minimum Gasteiger partial charge on any atom is -0.481 e. The molecule has 0 aromatic heterocycles. The lowest BCUT2D eigenvalue weighted by molar-refractivity contribution is -0.150. The average Bonchev–Trinajstić information content (AvgIpc) is 2.91. The Labute approximate surface area is 149 Å². The highest BCUT2D eigenvalue weighted by Gasteiger charge is 2.45. The minimum atomic E-state index is -1.06. The zero-order valence-electron chi connectivity index (χ0n) is 13.3. The molecule has 1 amide bonds. The molecule has 0 radical (unpaired) electrons. The van der Waals surface area contributed by atoms with Gasteiger partial charge in [-0.1, -0.05) is 46.3 Å². The summed E-state index contributed by atoms with van der Waals surface area (Å²) in [5.41, 5.74) is 2.60. The summed E-state index contributed by atoms with van der Waals surface area (Å²) in [5.74, 6) is -1.19. The van der Waals surface area contributed by atoms with Crippen LogP contribution >= 0.6 is 15.9 Å². The van der Waals surface area contributed by atoms with Gasteiger partial charge in [0.25, 0.3) is 0 Å². The highest BCUT2D eigenvalue weighted by Crippen LogP contribution is 2.40. The standard InChI is InChI=1S/C19H18BrNO3/c1-12-15(20)7-4-8-16(12)21-17(22)11-19(18(23)24)9-13-5-2-3-6-14(13)10-19/h2-8H,9-11H2,1H3,(H,21,22)(H,23,24). The predicted octanol–water partition coefficient (Wildman–Crippen LogP) is 3.96. The van der Waals surface area contributed by atoms with Crippen LogP contribution in [0.5, 0.6) is 0 Å². The van der Waals surface area contributed by atoms with Gasteiger partial charge in [0.05, 0.1) is 5.41 Å². The number of carbonyl (C=O) groups excluding carboxylic acids is 1. The smallest absolute Gasteiger partial charge is 0.310 e. The summed E-state index contributed by atoms with van der Waals surface area (Å²) in [5, 5.41) is 12.6. The van der Waals surface area contributed by atoms with Gasteiger partial charge in [-0.05, 0) is 48.6 Å². The maximum atomic E-state index is 12.5. The number of carboxylic acid groups (broad SMARTS) is 1. The van der Waals surface area contributed by atoms with E-state index in [2.05, 4.69) is 21.2 Å². The average molecular weight is 388 g/mol. The van der Waals surface area contributed by atoms with Gasteiger partial charge in [-0.25, -0.2) is 0 Å². The summed E-state index contributed by atoms with van der Waals surface area (Å²) in [6, 6.07) is 13.2. The first-order valence-corrected chi connectivity index (χ1v) is 8.56. The number of amides is 1. The number of anilines is 1. The van der Waals surface area contributed by atoms with Gasteiger partial charge in [0.1, 0.15) is 0 Å². The van der Waals surface area contributed by atoms with Crippen LogP contribution in [0.2, 0.25) is 0 Å². The van der Waals surface area contributed by atoms with Crippen LogP contribution in [0.1, 0.15) is 23.1 Å². The van der Waals surface area contributed by atoms with Crippen molar-refractivity contribution in [1.29, 1.82) is 0 Å². The Balaban J connectivity index is 1.79. The van der Waals surface area contributed by atoms with E-state index in [1.807, 2.05) is 49.4 Å². The molecule has 2 aromatic rings. The Bertz CT molecular complexity index is 791. The highest BCUT2D eigenvalue weighted by atomic mass is 79.9. The van der Waals surface area contributed by atoms with E-state index in [1.54, 1.807) is 0 Å². The van der Waals surface area contributed by atoms with Crippen LogP contribution in [0.3, 0.4) is 0 Å². The number of carboxylic acids is 1. The normalized spacial score (nSPS) is 14.9. The summed E-state index contributed by atoms with van der Waals surface area (Å²) in [6.07, 6.45) is 0.746. The van der Waals surface area contributed by atoms with E-state index in [1.165, 1.54) is 0 Å². The predicted molar refractivity (Wildman–Crippen MR) is 96.0 cm³/mol. The third kappa shape index (κ3) is 3.08. The molecule has 2 N–H and O–H groups in total. The van der Waals surface area contributed by atoms with Gasteiger partial charge < -0.3 is 10.4 Å². The van der Waals surface area contributed by atoms with Crippen molar-refractivity contribution in [2.24, 2.45) is 5.41 Å². The Kier molecular flexibility index (Phi) is 4.45. The van der Waals surface area contributed by atoms with Crippen molar-refractivity contribution < 1.29 is 14.7 Å². The van der Waals surface area contributed by atoms with Gasteiger partial charge in [0.2, 0.25) is 5.91 Å². The molecule has 124 valence electrons. The van der Waals surface area contributed by atoms with Crippen molar-refractivity contribution in [3.63, 3.8) is 0 Å². The lowest BCUT2D eigenvalue weighted by Crippen LogP contribution is -2.36. The second-order valence-corrected chi connectivity index (χ2v) is 7.20. The molecule has 0 atom stereocenters. The minimum absolute atomic E-state index is 0.0387. The molecule has 0 unspecified atom stereocenters. The maximum Gasteiger partial charge on any atom is 0.310 e. The highest BCUT2D eigenvalue weighted by molar-refractivity contribution is 9.10. The molecule has 0 aliphatic heterocycles. The number of hydrogen-bond acceptors (Lipinski definition) is 2. The number of halogens is 1. The summed E-state index contributed by atoms with van der Waals surface area (Å²) in [4.78, 5) is 24.4. The van der Waals surface area contributed by atoms with Crippen LogP contribution in [0.4, 0.5) is 5.69 Å². The van der Waals surface area contributed by atoms with Crippen molar-refractivity contribution in [3.05, 3.63) is 63.6 Å². The molecule has 0 heterocycles. The summed E-state index contributed by atoms with van der Waals surface area (Å²) in [7, 11) is 0. The lowest BCUT2D eigenvalue weighted by Gasteiger charge is -2.23. The van der Waals surface area contributed by atoms with Crippen LogP contribution in [-0.2, 0) is 22.4 Å². The number of hydrogen-bond donors (Lipinski definition) is 2. The summed E-state index contributed by atoms with van der Waals surface area (Å²) >= 11 is 3.43. The number of aliphatic carboxylic acids is 1. The largest absolute Gasteiger partial charge is 0.481 e. The third-order valence-electron chi connectivity index (χ3n) is 4.67. The summed E-state index contributed by atoms with van der Waals surface area (Å²) in [6.45, 7) is 1.90. The van der Waals surface area contributed by atoms with Crippen LogP contribution in [0.25, 0.3) is 0 Å². The molecule has 0 spiro atoms. The molecule has 0 fully saturated rings. The SMILES string of the molecule is Cc1c(Br)cccc1NC(=O)CC1(C(=O)O)Cc2ccccc2C1. The van der Waals surface area contributed by atoms with E-state index in [9.17, 15) is 14.7 Å². The lowest BCUT2D eigenvalue weighted by atomic mass is 9.81. The topological polar surface area (TPSA) is 66.4 Å². The van der Waals surface area contributed by atoms with E-state index in [-0.39, 0.29) is 12.3 Å². The quantitative estimate of drug-likeness (QED) is 0.834.